The Morgan fingerprint density at radius 3 is 2.73 bits per heavy atom. The van der Waals surface area contributed by atoms with Crippen LogP contribution in [0, 0.1) is 0 Å². The number of likely N-dealkylation sites (N-methyl/N-ethyl adjacent to an activating group) is 1. The van der Waals surface area contributed by atoms with Crippen LogP contribution in [-0.2, 0) is 11.3 Å². The number of fused-ring (bicyclic) bond motifs is 5. The molecule has 6 nitrogen and oxygen atoms in total. The first-order valence-corrected chi connectivity index (χ1v) is 9.79. The fourth-order valence-electron chi connectivity index (χ4n) is 4.58. The Kier molecular flexibility index (Phi) is 3.76. The number of rotatable bonds is 2. The Hall–Kier alpha value is -1.67. The first-order valence-electron chi connectivity index (χ1n) is 9.00. The van der Waals surface area contributed by atoms with Crippen LogP contribution in [0.3, 0.4) is 0 Å². The molecule has 3 heterocycles. The zero-order chi connectivity index (χ0) is 18.0. The monoisotopic (exact) mass is 415 g/mol. The number of hydrogen-bond donors (Lipinski definition) is 2. The predicted molar refractivity (Wildman–Crippen MR) is 102 cm³/mol. The molecule has 136 valence electrons. The molecule has 3 saturated heterocycles. The van der Waals surface area contributed by atoms with Gasteiger partial charge >= 0.3 is 0 Å². The van der Waals surface area contributed by atoms with Crippen LogP contribution in [-0.4, -0.2) is 58.4 Å². The Labute approximate surface area is 161 Å². The van der Waals surface area contributed by atoms with Crippen molar-refractivity contribution in [1.82, 2.24) is 25.3 Å². The van der Waals surface area contributed by atoms with Gasteiger partial charge < -0.3 is 9.80 Å². The quantitative estimate of drug-likeness (QED) is 0.763. The summed E-state index contributed by atoms with van der Waals surface area (Å²) in [4.78, 5) is 19.7. The van der Waals surface area contributed by atoms with Gasteiger partial charge in [0.2, 0.25) is 5.91 Å². The summed E-state index contributed by atoms with van der Waals surface area (Å²) in [6.07, 6.45) is 6.42. The van der Waals surface area contributed by atoms with Crippen molar-refractivity contribution in [3.05, 3.63) is 58.2 Å². The van der Waals surface area contributed by atoms with Gasteiger partial charge in [0, 0.05) is 23.8 Å². The lowest BCUT2D eigenvalue weighted by atomic mass is 10.1. The van der Waals surface area contributed by atoms with Crippen molar-refractivity contribution >= 4 is 21.8 Å². The summed E-state index contributed by atoms with van der Waals surface area (Å²) in [6, 6.07) is 8.33. The Balaban J connectivity index is 1.47. The highest BCUT2D eigenvalue weighted by atomic mass is 79.9. The fourth-order valence-corrected chi connectivity index (χ4v) is 4.84. The standard InChI is InChI=1S/C19H22BrN5O/c1-11-21-17-16(24(11)10-12-6-8-13(20)9-7-12)18(26)23(2)19-22-14-4-3-5-15(14)25(17)19/h3-9,11,14,16-17,19,21-22H,10H2,1-2H3/t11-,14?,16?,17?,19?/m0/s1. The summed E-state index contributed by atoms with van der Waals surface area (Å²) in [6.45, 7) is 2.89. The van der Waals surface area contributed by atoms with Gasteiger partial charge in [-0.25, -0.2) is 0 Å². The molecule has 0 aromatic heterocycles. The molecular weight excluding hydrogens is 394 g/mol. The highest BCUT2D eigenvalue weighted by molar-refractivity contribution is 9.10. The van der Waals surface area contributed by atoms with Gasteiger partial charge in [-0.1, -0.05) is 40.2 Å². The summed E-state index contributed by atoms with van der Waals surface area (Å²) in [5.74, 6) is 0.169. The summed E-state index contributed by atoms with van der Waals surface area (Å²) < 4.78 is 1.07. The second-order valence-electron chi connectivity index (χ2n) is 7.38. The van der Waals surface area contributed by atoms with Gasteiger partial charge in [-0.05, 0) is 30.7 Å². The van der Waals surface area contributed by atoms with Crippen LogP contribution in [0.1, 0.15) is 12.5 Å². The second-order valence-corrected chi connectivity index (χ2v) is 8.30. The van der Waals surface area contributed by atoms with Gasteiger partial charge in [0.1, 0.15) is 12.2 Å². The molecule has 0 bridgehead atoms. The minimum absolute atomic E-state index is 0.0159. The van der Waals surface area contributed by atoms with Crippen molar-refractivity contribution in [2.75, 3.05) is 7.05 Å². The zero-order valence-electron chi connectivity index (χ0n) is 14.8. The minimum Gasteiger partial charge on any atom is -0.323 e. The van der Waals surface area contributed by atoms with Crippen molar-refractivity contribution in [3.63, 3.8) is 0 Å². The number of carbonyl (C=O) groups excluding carboxylic acids is 1. The van der Waals surface area contributed by atoms with Crippen LogP contribution in [0.4, 0.5) is 0 Å². The van der Waals surface area contributed by atoms with Gasteiger partial charge in [-0.15, -0.1) is 0 Å². The van der Waals surface area contributed by atoms with Crippen LogP contribution in [0.2, 0.25) is 0 Å². The first-order chi connectivity index (χ1) is 12.5. The van der Waals surface area contributed by atoms with Crippen molar-refractivity contribution in [3.8, 4) is 0 Å². The van der Waals surface area contributed by atoms with Gasteiger partial charge in [-0.2, -0.15) is 0 Å². The normalized spacial score (nSPS) is 35.6. The molecule has 5 atom stereocenters. The average molecular weight is 416 g/mol. The van der Waals surface area contributed by atoms with Crippen molar-refractivity contribution in [1.29, 1.82) is 0 Å². The highest BCUT2D eigenvalue weighted by Crippen LogP contribution is 2.37. The minimum atomic E-state index is -0.197. The van der Waals surface area contributed by atoms with Crippen molar-refractivity contribution < 1.29 is 4.79 Å². The van der Waals surface area contributed by atoms with Gasteiger partial charge in [0.25, 0.3) is 0 Å². The highest BCUT2D eigenvalue weighted by Gasteiger charge is 2.57. The van der Waals surface area contributed by atoms with E-state index in [0.717, 1.165) is 11.0 Å². The Morgan fingerprint density at radius 2 is 1.96 bits per heavy atom. The molecule has 5 rings (SSSR count). The summed E-state index contributed by atoms with van der Waals surface area (Å²) in [5.41, 5.74) is 2.45. The average Bonchev–Trinajstić information content (AvgIpc) is 3.28. The van der Waals surface area contributed by atoms with Gasteiger partial charge in [0.15, 0.2) is 6.29 Å². The van der Waals surface area contributed by atoms with Crippen LogP contribution in [0.25, 0.3) is 0 Å². The summed E-state index contributed by atoms with van der Waals surface area (Å²) >= 11 is 3.49. The fraction of sp³-hybridized carbons (Fsp3) is 0.421. The number of amides is 1. The van der Waals surface area contributed by atoms with Crippen molar-refractivity contribution in [2.24, 2.45) is 0 Å². The molecule has 26 heavy (non-hydrogen) atoms. The maximum atomic E-state index is 13.2. The lowest BCUT2D eigenvalue weighted by molar-refractivity contribution is -0.150. The maximum absolute atomic E-state index is 13.2. The lowest BCUT2D eigenvalue weighted by Crippen LogP contribution is -2.68. The number of nitrogens with one attached hydrogen (secondary N) is 2. The van der Waals surface area contributed by atoms with Crippen LogP contribution >= 0.6 is 15.9 Å². The van der Waals surface area contributed by atoms with E-state index in [1.165, 1.54) is 11.3 Å². The van der Waals surface area contributed by atoms with Gasteiger partial charge in [0.05, 0.1) is 12.2 Å². The van der Waals surface area contributed by atoms with Crippen LogP contribution in [0.5, 0.6) is 0 Å². The molecule has 0 saturated carbocycles. The van der Waals surface area contributed by atoms with E-state index >= 15 is 0 Å². The van der Waals surface area contributed by atoms with E-state index in [2.05, 4.69) is 85.8 Å². The molecule has 1 aromatic carbocycles. The number of nitrogens with zero attached hydrogens (tertiary/aromatic N) is 3. The van der Waals surface area contributed by atoms with Gasteiger partial charge in [-0.3, -0.25) is 20.3 Å². The van der Waals surface area contributed by atoms with Crippen molar-refractivity contribution in [2.45, 2.75) is 44.2 Å². The molecule has 7 heteroatoms. The van der Waals surface area contributed by atoms with E-state index in [9.17, 15) is 4.79 Å². The molecule has 1 aliphatic carbocycles. The number of hydrogen-bond acceptors (Lipinski definition) is 5. The third-order valence-electron chi connectivity index (χ3n) is 5.89. The SMILES string of the molecule is C[C@H]1NC2C(C(=O)N(C)C3NC4C=CC=C4N23)N1Cc1ccc(Br)cc1. The van der Waals surface area contributed by atoms with E-state index in [4.69, 9.17) is 0 Å². The molecule has 1 amide bonds. The Bertz CT molecular complexity index is 807. The molecule has 3 fully saturated rings. The number of carbonyl (C=O) groups is 1. The number of halogens is 1. The lowest BCUT2D eigenvalue weighted by Gasteiger charge is -2.46. The molecule has 3 aliphatic heterocycles. The van der Waals surface area contributed by atoms with E-state index < -0.39 is 0 Å². The first kappa shape index (κ1) is 16.5. The molecule has 4 unspecified atom stereocenters. The maximum Gasteiger partial charge on any atom is 0.245 e. The third kappa shape index (κ3) is 2.31. The topological polar surface area (TPSA) is 50.9 Å². The molecule has 4 aliphatic rings. The number of benzene rings is 1. The largest absolute Gasteiger partial charge is 0.323 e. The smallest absolute Gasteiger partial charge is 0.245 e. The molecule has 2 N–H and O–H groups in total. The van der Waals surface area contributed by atoms with E-state index in [-0.39, 0.29) is 36.6 Å². The second kappa shape index (κ2) is 5.92. The third-order valence-corrected chi connectivity index (χ3v) is 6.42. The molecule has 0 spiro atoms. The van der Waals surface area contributed by atoms with Crippen LogP contribution in [0.15, 0.2) is 52.7 Å². The molecular formula is C19H22BrN5O. The number of allylic oxidation sites excluding steroid dienone is 2. The zero-order valence-corrected chi connectivity index (χ0v) is 16.3. The predicted octanol–water partition coefficient (Wildman–Crippen LogP) is 1.38. The van der Waals surface area contributed by atoms with Crippen LogP contribution < -0.4 is 10.6 Å². The Morgan fingerprint density at radius 1 is 1.19 bits per heavy atom. The van der Waals surface area contributed by atoms with E-state index in [0.29, 0.717) is 0 Å². The molecule has 0 radical (unpaired) electrons. The van der Waals surface area contributed by atoms with E-state index in [1.54, 1.807) is 0 Å². The summed E-state index contributed by atoms with van der Waals surface area (Å²) in [7, 11) is 1.90. The molecule has 1 aromatic rings. The van der Waals surface area contributed by atoms with E-state index in [1.807, 2.05) is 11.9 Å². The summed E-state index contributed by atoms with van der Waals surface area (Å²) in [5, 5.41) is 7.20.